The summed E-state index contributed by atoms with van der Waals surface area (Å²) in [7, 11) is 1.32. The topological polar surface area (TPSA) is 207 Å². The number of halogens is 1. The quantitative estimate of drug-likeness (QED) is 0.180. The highest BCUT2D eigenvalue weighted by Gasteiger charge is 2.49. The lowest BCUT2D eigenvalue weighted by molar-refractivity contribution is -0.248. The highest BCUT2D eigenvalue weighted by Crippen LogP contribution is 2.52. The summed E-state index contributed by atoms with van der Waals surface area (Å²) in [6, 6.07) is 6.56. The number of aromatic hydroxyl groups is 2. The molecule has 0 saturated carbocycles. The van der Waals surface area contributed by atoms with Crippen LogP contribution >= 0.6 is 15.9 Å². The molecule has 2 aliphatic carbocycles. The van der Waals surface area contributed by atoms with Crippen molar-refractivity contribution in [1.29, 1.82) is 0 Å². The molecule has 14 nitrogen and oxygen atoms in total. The van der Waals surface area contributed by atoms with Gasteiger partial charge in [-0.15, -0.1) is 0 Å². The van der Waals surface area contributed by atoms with Gasteiger partial charge in [0.05, 0.1) is 47.6 Å². The van der Waals surface area contributed by atoms with E-state index >= 15 is 0 Å². The van der Waals surface area contributed by atoms with E-state index in [0.29, 0.717) is 16.0 Å². The lowest BCUT2D eigenvalue weighted by Gasteiger charge is -2.42. The molecule has 50 heavy (non-hydrogen) atoms. The maximum absolute atomic E-state index is 13.9. The van der Waals surface area contributed by atoms with E-state index in [1.807, 2.05) is 0 Å². The first-order valence-electron chi connectivity index (χ1n) is 15.7. The Bertz CT molecular complexity index is 2000. The molecule has 4 aliphatic rings. The van der Waals surface area contributed by atoms with Crippen LogP contribution in [0, 0.1) is 0 Å². The van der Waals surface area contributed by atoms with Gasteiger partial charge in [0.1, 0.15) is 29.0 Å². The predicted octanol–water partition coefficient (Wildman–Crippen LogP) is 2.99. The second kappa shape index (κ2) is 12.3. The number of benzene rings is 3. The summed E-state index contributed by atoms with van der Waals surface area (Å²) in [5.74, 6) is -3.17. The molecule has 0 bridgehead atoms. The molecular weight excluding hydrogens is 722 g/mol. The summed E-state index contributed by atoms with van der Waals surface area (Å²) in [6.45, 7) is 2.72. The number of fused-ring (bicyclic) bond motifs is 4. The van der Waals surface area contributed by atoms with Gasteiger partial charge in [-0.2, -0.15) is 0 Å². The fraction of sp³-hybridized carbons (Fsp3) is 0.371. The number of hydrogen-bond acceptors (Lipinski definition) is 13. The lowest BCUT2D eigenvalue weighted by atomic mass is 9.72. The van der Waals surface area contributed by atoms with Crippen LogP contribution in [0.15, 0.2) is 34.8 Å². The Labute approximate surface area is 293 Å². The first-order valence-corrected chi connectivity index (χ1v) is 16.5. The Morgan fingerprint density at radius 3 is 2.44 bits per heavy atom. The molecule has 0 unspecified atom stereocenters. The molecule has 262 valence electrons. The molecule has 5 N–H and O–H groups in total. The van der Waals surface area contributed by atoms with Gasteiger partial charge in [-0.25, -0.2) is 0 Å². The Hall–Kier alpha value is -4.54. The number of nitrogens with one attached hydrogen (secondary N) is 1. The van der Waals surface area contributed by atoms with Crippen molar-refractivity contribution in [3.05, 3.63) is 73.7 Å². The van der Waals surface area contributed by atoms with E-state index in [0.717, 1.165) is 6.92 Å². The second-order valence-electron chi connectivity index (χ2n) is 12.7. The number of carbonyl (C=O) groups is 4. The molecule has 7 rings (SSSR count). The van der Waals surface area contributed by atoms with Gasteiger partial charge in [-0.3, -0.25) is 19.2 Å². The lowest BCUT2D eigenvalue weighted by Crippen LogP contribution is -2.55. The van der Waals surface area contributed by atoms with E-state index in [2.05, 4.69) is 21.2 Å². The summed E-state index contributed by atoms with van der Waals surface area (Å²) in [5, 5.41) is 48.6. The van der Waals surface area contributed by atoms with E-state index in [1.54, 1.807) is 13.0 Å². The maximum Gasteiger partial charge on any atom is 0.252 e. The SMILES string of the molecule is COc1cccc2c1C(=O)c1c(O)c3c(c(O)c1C2=O)C[C@@](O)(C(C)=O)C[C@@H]3O[C@H]1C[C@H](NC(=O)c2cc3c(cc2Br)OCO3)[C@H](O)[C@H](C)O1. The van der Waals surface area contributed by atoms with Crippen LogP contribution < -0.4 is 19.5 Å². The number of rotatable bonds is 6. The number of aliphatic hydroxyl groups is 2. The first kappa shape index (κ1) is 33.9. The van der Waals surface area contributed by atoms with Crippen molar-refractivity contribution in [2.24, 2.45) is 0 Å². The Balaban J connectivity index is 1.24. The predicted molar refractivity (Wildman–Crippen MR) is 174 cm³/mol. The van der Waals surface area contributed by atoms with Crippen molar-refractivity contribution in [1.82, 2.24) is 5.32 Å². The maximum atomic E-state index is 13.9. The first-order chi connectivity index (χ1) is 23.7. The number of phenols is 2. The van der Waals surface area contributed by atoms with Crippen molar-refractivity contribution in [3.8, 4) is 28.7 Å². The Kier molecular flexibility index (Phi) is 8.38. The highest BCUT2D eigenvalue weighted by molar-refractivity contribution is 9.10. The zero-order valence-corrected chi connectivity index (χ0v) is 28.5. The van der Waals surface area contributed by atoms with Crippen LogP contribution in [0.25, 0.3) is 0 Å². The van der Waals surface area contributed by atoms with Crippen LogP contribution in [-0.2, 0) is 20.7 Å². The number of phenolic OH excluding ortho intramolecular Hbond substituents is 2. The van der Waals surface area contributed by atoms with Gasteiger partial charge >= 0.3 is 0 Å². The molecule has 15 heteroatoms. The molecule has 2 aliphatic heterocycles. The molecule has 0 aromatic heterocycles. The molecule has 3 aromatic carbocycles. The number of aliphatic hydroxyl groups excluding tert-OH is 1. The van der Waals surface area contributed by atoms with E-state index in [1.165, 1.54) is 31.4 Å². The summed E-state index contributed by atoms with van der Waals surface area (Å²) < 4.78 is 28.7. The van der Waals surface area contributed by atoms with Gasteiger partial charge in [0.2, 0.25) is 12.6 Å². The molecule has 0 spiro atoms. The fourth-order valence-electron chi connectivity index (χ4n) is 7.10. The van der Waals surface area contributed by atoms with Gasteiger partial charge < -0.3 is 49.4 Å². The van der Waals surface area contributed by atoms with E-state index in [-0.39, 0.29) is 46.8 Å². The third-order valence-electron chi connectivity index (χ3n) is 9.78. The van der Waals surface area contributed by atoms with Crippen molar-refractivity contribution in [2.45, 2.75) is 69.4 Å². The van der Waals surface area contributed by atoms with Crippen LogP contribution in [0.3, 0.4) is 0 Å². The number of ketones is 3. The normalized spacial score (nSPS) is 26.5. The summed E-state index contributed by atoms with van der Waals surface area (Å²) in [4.78, 5) is 53.8. The molecular formula is C35H32BrNO13. The third-order valence-corrected chi connectivity index (χ3v) is 10.4. The zero-order valence-electron chi connectivity index (χ0n) is 26.9. The van der Waals surface area contributed by atoms with Crippen LogP contribution in [0.2, 0.25) is 0 Å². The summed E-state index contributed by atoms with van der Waals surface area (Å²) in [6.07, 6.45) is -5.64. The Morgan fingerprint density at radius 1 is 1.04 bits per heavy atom. The van der Waals surface area contributed by atoms with E-state index in [4.69, 9.17) is 23.7 Å². The monoisotopic (exact) mass is 753 g/mol. The average molecular weight is 755 g/mol. The molecule has 1 saturated heterocycles. The van der Waals surface area contributed by atoms with Crippen LogP contribution in [-0.4, -0.2) is 87.7 Å². The number of methoxy groups -OCH3 is 1. The number of hydrogen-bond donors (Lipinski definition) is 5. The second-order valence-corrected chi connectivity index (χ2v) is 13.6. The molecule has 0 radical (unpaired) electrons. The van der Waals surface area contributed by atoms with Crippen LogP contribution in [0.1, 0.15) is 86.1 Å². The van der Waals surface area contributed by atoms with E-state index < -0.39 is 95.0 Å². The zero-order chi connectivity index (χ0) is 35.8. The van der Waals surface area contributed by atoms with Gasteiger partial charge in [-0.05, 0) is 48.0 Å². The molecule has 6 atom stereocenters. The van der Waals surface area contributed by atoms with E-state index in [9.17, 15) is 39.6 Å². The molecule has 1 amide bonds. The van der Waals surface area contributed by atoms with Crippen molar-refractivity contribution < 1.29 is 63.3 Å². The molecule has 1 fully saturated rings. The number of carbonyl (C=O) groups excluding carboxylic acids is 4. The number of ether oxygens (including phenoxy) is 5. The van der Waals surface area contributed by atoms with Crippen LogP contribution in [0.4, 0.5) is 0 Å². The minimum absolute atomic E-state index is 0.00714. The summed E-state index contributed by atoms with van der Waals surface area (Å²) >= 11 is 3.37. The summed E-state index contributed by atoms with van der Waals surface area (Å²) in [5.41, 5.74) is -3.23. The molecule has 2 heterocycles. The van der Waals surface area contributed by atoms with Crippen molar-refractivity contribution in [3.63, 3.8) is 0 Å². The molecule has 3 aromatic rings. The number of Topliss-reactive ketones (excluding diaryl/α,β-unsaturated/α-hetero) is 1. The highest BCUT2D eigenvalue weighted by atomic mass is 79.9. The van der Waals surface area contributed by atoms with Crippen LogP contribution in [0.5, 0.6) is 28.7 Å². The van der Waals surface area contributed by atoms with Crippen molar-refractivity contribution in [2.75, 3.05) is 13.9 Å². The third kappa shape index (κ3) is 5.31. The average Bonchev–Trinajstić information content (AvgIpc) is 3.53. The van der Waals surface area contributed by atoms with Gasteiger partial charge in [0.25, 0.3) is 5.91 Å². The van der Waals surface area contributed by atoms with Gasteiger partial charge in [-0.1, -0.05) is 12.1 Å². The minimum atomic E-state index is -2.10. The van der Waals surface area contributed by atoms with Gasteiger partial charge in [0.15, 0.2) is 29.4 Å². The Morgan fingerprint density at radius 2 is 1.74 bits per heavy atom. The minimum Gasteiger partial charge on any atom is -0.507 e. The van der Waals surface area contributed by atoms with Crippen molar-refractivity contribution >= 4 is 39.2 Å². The largest absolute Gasteiger partial charge is 0.507 e. The number of amides is 1. The standard InChI is InChI=1S/C35H32BrNO13/c1-13-29(39)19(37-34(44)16-7-21-22(8-18(16)36)48-12-47-21)9-24(49-13)50-23-11-35(45,14(2)38)10-17-26(23)33(43)28-27(31(17)41)30(40)15-5-4-6-20(46-3)25(15)32(28)42/h4-8,13,19,23-24,29,39,41,43,45H,9-12H2,1-3H3,(H,37,44)/t13-,19-,23-,24-,29+,35-/m0/s1. The fourth-order valence-corrected chi connectivity index (χ4v) is 7.61. The smallest absolute Gasteiger partial charge is 0.252 e. The van der Waals surface area contributed by atoms with Gasteiger partial charge in [0, 0.05) is 40.4 Å².